The van der Waals surface area contributed by atoms with Crippen LogP contribution in [0.4, 0.5) is 5.69 Å². The lowest BCUT2D eigenvalue weighted by Gasteiger charge is -2.09. The number of benzene rings is 2. The molecule has 1 amide bonds. The van der Waals surface area contributed by atoms with Gasteiger partial charge < -0.3 is 10.4 Å². The Balaban J connectivity index is 1.46. The lowest BCUT2D eigenvalue weighted by molar-refractivity contribution is -0.136. The summed E-state index contributed by atoms with van der Waals surface area (Å²) in [6.45, 7) is 0. The summed E-state index contributed by atoms with van der Waals surface area (Å²) in [6.07, 6.45) is 0.948. The van der Waals surface area contributed by atoms with Gasteiger partial charge in [-0.3, -0.25) is 9.59 Å². The highest BCUT2D eigenvalue weighted by Crippen LogP contribution is 2.61. The van der Waals surface area contributed by atoms with Gasteiger partial charge in [0.15, 0.2) is 0 Å². The van der Waals surface area contributed by atoms with Gasteiger partial charge in [-0.15, -0.1) is 0 Å². The fourth-order valence-electron chi connectivity index (χ4n) is 3.87. The first-order valence-electron chi connectivity index (χ1n) is 7.83. The highest BCUT2D eigenvalue weighted by atomic mass is 16.4. The Kier molecular flexibility index (Phi) is 3.18. The summed E-state index contributed by atoms with van der Waals surface area (Å²) in [6, 6.07) is 15.4. The van der Waals surface area contributed by atoms with Crippen molar-refractivity contribution in [3.05, 3.63) is 65.2 Å². The first kappa shape index (κ1) is 14.0. The number of rotatable bonds is 4. The Bertz CT molecular complexity index is 799. The molecule has 23 heavy (non-hydrogen) atoms. The van der Waals surface area contributed by atoms with Gasteiger partial charge in [0.2, 0.25) is 5.91 Å². The molecule has 2 aromatic carbocycles. The van der Waals surface area contributed by atoms with Crippen LogP contribution in [0.2, 0.25) is 0 Å². The summed E-state index contributed by atoms with van der Waals surface area (Å²) in [5, 5.41) is 11.8. The number of hydrogen-bond acceptors (Lipinski definition) is 2. The van der Waals surface area contributed by atoms with Crippen molar-refractivity contribution in [3.8, 4) is 0 Å². The van der Waals surface area contributed by atoms with Gasteiger partial charge in [0.25, 0.3) is 0 Å². The third-order valence-electron chi connectivity index (χ3n) is 4.89. The molecule has 116 valence electrons. The predicted molar refractivity (Wildman–Crippen MR) is 86.3 cm³/mol. The van der Waals surface area contributed by atoms with E-state index in [1.165, 1.54) is 11.1 Å². The number of amides is 1. The number of carboxylic acid groups (broad SMARTS) is 1. The molecule has 4 rings (SSSR count). The number of fused-ring (bicyclic) bond motifs is 3. The van der Waals surface area contributed by atoms with Crippen LogP contribution in [0.1, 0.15) is 22.6 Å². The summed E-state index contributed by atoms with van der Waals surface area (Å²) in [5.74, 6) is -0.000166. The monoisotopic (exact) mass is 307 g/mol. The first-order valence-corrected chi connectivity index (χ1v) is 7.83. The van der Waals surface area contributed by atoms with E-state index in [0.29, 0.717) is 23.1 Å². The maximum atomic E-state index is 12.5. The number of carboxylic acids is 1. The van der Waals surface area contributed by atoms with Crippen molar-refractivity contribution >= 4 is 17.6 Å². The third kappa shape index (κ3) is 2.50. The number of anilines is 1. The van der Waals surface area contributed by atoms with Crippen LogP contribution in [0, 0.1) is 11.8 Å². The molecular weight excluding hydrogens is 290 g/mol. The maximum absolute atomic E-state index is 12.5. The summed E-state index contributed by atoms with van der Waals surface area (Å²) < 4.78 is 0. The molecule has 2 aliphatic rings. The van der Waals surface area contributed by atoms with Crippen molar-refractivity contribution in [2.24, 2.45) is 11.8 Å². The molecule has 2 aliphatic carbocycles. The zero-order valence-electron chi connectivity index (χ0n) is 12.5. The lowest BCUT2D eigenvalue weighted by Crippen LogP contribution is -2.17. The van der Waals surface area contributed by atoms with Gasteiger partial charge in [-0.2, -0.15) is 0 Å². The maximum Gasteiger partial charge on any atom is 0.307 e. The fourth-order valence-corrected chi connectivity index (χ4v) is 3.87. The standard InChI is InChI=1S/C19H17NO3/c21-16(22)9-11-4-3-6-13(8-11)20-19(23)18-15-10-12-5-1-2-7-14(12)17(15)18/h1-8,15,17-18H,9-10H2,(H,20,23)(H,21,22). The molecule has 1 saturated carbocycles. The van der Waals surface area contributed by atoms with E-state index < -0.39 is 5.97 Å². The quantitative estimate of drug-likeness (QED) is 0.913. The van der Waals surface area contributed by atoms with Crippen molar-refractivity contribution < 1.29 is 14.7 Å². The number of aliphatic carboxylic acids is 1. The number of hydrogen-bond donors (Lipinski definition) is 2. The molecule has 3 unspecified atom stereocenters. The SMILES string of the molecule is O=C(O)Cc1cccc(NC(=O)C2C3Cc4ccccc4C32)c1. The normalized spacial score (nSPS) is 23.7. The van der Waals surface area contributed by atoms with E-state index in [1.807, 2.05) is 12.1 Å². The average molecular weight is 307 g/mol. The molecule has 0 bridgehead atoms. The minimum Gasteiger partial charge on any atom is -0.481 e. The lowest BCUT2D eigenvalue weighted by atomic mass is 10.0. The van der Waals surface area contributed by atoms with Crippen LogP contribution in [0.5, 0.6) is 0 Å². The average Bonchev–Trinajstić information content (AvgIpc) is 3.10. The van der Waals surface area contributed by atoms with E-state index in [4.69, 9.17) is 5.11 Å². The third-order valence-corrected chi connectivity index (χ3v) is 4.89. The van der Waals surface area contributed by atoms with E-state index >= 15 is 0 Å². The molecule has 0 heterocycles. The Morgan fingerprint density at radius 1 is 1.13 bits per heavy atom. The smallest absolute Gasteiger partial charge is 0.307 e. The Morgan fingerprint density at radius 2 is 1.96 bits per heavy atom. The van der Waals surface area contributed by atoms with E-state index in [0.717, 1.165) is 6.42 Å². The van der Waals surface area contributed by atoms with Crippen molar-refractivity contribution in [2.75, 3.05) is 5.32 Å². The molecule has 4 heteroatoms. The van der Waals surface area contributed by atoms with E-state index in [1.54, 1.807) is 24.3 Å². The molecule has 4 nitrogen and oxygen atoms in total. The van der Waals surface area contributed by atoms with Gasteiger partial charge in [-0.05, 0) is 47.1 Å². The highest BCUT2D eigenvalue weighted by molar-refractivity contribution is 5.96. The molecular formula is C19H17NO3. The molecule has 2 N–H and O–H groups in total. The van der Waals surface area contributed by atoms with Crippen LogP contribution in [0.3, 0.4) is 0 Å². The summed E-state index contributed by atoms with van der Waals surface area (Å²) in [7, 11) is 0. The van der Waals surface area contributed by atoms with E-state index in [9.17, 15) is 9.59 Å². The molecule has 0 radical (unpaired) electrons. The molecule has 0 spiro atoms. The second-order valence-electron chi connectivity index (χ2n) is 6.38. The Morgan fingerprint density at radius 3 is 2.78 bits per heavy atom. The Hall–Kier alpha value is -2.62. The topological polar surface area (TPSA) is 66.4 Å². The largest absolute Gasteiger partial charge is 0.481 e. The van der Waals surface area contributed by atoms with Crippen molar-refractivity contribution in [2.45, 2.75) is 18.8 Å². The second-order valence-corrected chi connectivity index (χ2v) is 6.38. The summed E-state index contributed by atoms with van der Waals surface area (Å²) >= 11 is 0. The van der Waals surface area contributed by atoms with E-state index in [-0.39, 0.29) is 18.2 Å². The second kappa shape index (κ2) is 5.23. The van der Waals surface area contributed by atoms with Crippen molar-refractivity contribution in [1.82, 2.24) is 0 Å². The zero-order valence-corrected chi connectivity index (χ0v) is 12.5. The number of carbonyl (C=O) groups is 2. The van der Waals surface area contributed by atoms with Crippen LogP contribution in [-0.2, 0) is 22.4 Å². The first-order chi connectivity index (χ1) is 11.1. The van der Waals surface area contributed by atoms with Crippen LogP contribution in [-0.4, -0.2) is 17.0 Å². The molecule has 0 aromatic heterocycles. The molecule has 2 aromatic rings. The van der Waals surface area contributed by atoms with Crippen molar-refractivity contribution in [3.63, 3.8) is 0 Å². The summed E-state index contributed by atoms with van der Waals surface area (Å²) in [5.41, 5.74) is 4.05. The summed E-state index contributed by atoms with van der Waals surface area (Å²) in [4.78, 5) is 23.3. The molecule has 1 fully saturated rings. The van der Waals surface area contributed by atoms with Gasteiger partial charge in [-0.25, -0.2) is 0 Å². The molecule has 0 saturated heterocycles. The van der Waals surface area contributed by atoms with Crippen LogP contribution in [0.25, 0.3) is 0 Å². The number of nitrogens with one attached hydrogen (secondary N) is 1. The highest BCUT2D eigenvalue weighted by Gasteiger charge is 2.59. The van der Waals surface area contributed by atoms with Crippen LogP contribution >= 0.6 is 0 Å². The van der Waals surface area contributed by atoms with E-state index in [2.05, 4.69) is 17.4 Å². The van der Waals surface area contributed by atoms with Gasteiger partial charge >= 0.3 is 5.97 Å². The number of carbonyl (C=O) groups excluding carboxylic acids is 1. The predicted octanol–water partition coefficient (Wildman–Crippen LogP) is 2.84. The Labute approximate surface area is 134 Å². The fraction of sp³-hybridized carbons (Fsp3) is 0.263. The van der Waals surface area contributed by atoms with Gasteiger partial charge in [0.05, 0.1) is 6.42 Å². The van der Waals surface area contributed by atoms with Crippen molar-refractivity contribution in [1.29, 1.82) is 0 Å². The minimum absolute atomic E-state index is 0.0359. The molecule has 0 aliphatic heterocycles. The van der Waals surface area contributed by atoms with Crippen LogP contribution in [0.15, 0.2) is 48.5 Å². The van der Waals surface area contributed by atoms with Gasteiger partial charge in [0, 0.05) is 11.6 Å². The molecule has 3 atom stereocenters. The van der Waals surface area contributed by atoms with Crippen LogP contribution < -0.4 is 5.32 Å². The van der Waals surface area contributed by atoms with Gasteiger partial charge in [-0.1, -0.05) is 36.4 Å². The minimum atomic E-state index is -0.873. The van der Waals surface area contributed by atoms with Gasteiger partial charge in [0.1, 0.15) is 0 Å². The zero-order chi connectivity index (χ0) is 16.0.